The van der Waals surface area contributed by atoms with Crippen LogP contribution in [0.3, 0.4) is 0 Å². The molecule has 118 valence electrons. The van der Waals surface area contributed by atoms with Crippen LogP contribution in [0.15, 0.2) is 24.3 Å². The summed E-state index contributed by atoms with van der Waals surface area (Å²) in [4.78, 5) is 2.22. The molecule has 0 spiro atoms. The number of ether oxygens (including phenoxy) is 1. The highest BCUT2D eigenvalue weighted by Crippen LogP contribution is 2.21. The number of hydrogen-bond donors (Lipinski definition) is 0. The van der Waals surface area contributed by atoms with E-state index in [2.05, 4.69) is 4.90 Å². The van der Waals surface area contributed by atoms with Crippen LogP contribution in [0.2, 0.25) is 0 Å². The number of nitrogens with zero attached hydrogens (tertiary/aromatic N) is 2. The maximum Gasteiger partial charge on any atom is 0.214 e. The molecule has 0 N–H and O–H groups in total. The lowest BCUT2D eigenvalue weighted by Crippen LogP contribution is -2.49. The summed E-state index contributed by atoms with van der Waals surface area (Å²) in [7, 11) is -3.07. The maximum absolute atomic E-state index is 12.0. The molecule has 2 rings (SSSR count). The molecule has 6 heteroatoms. The van der Waals surface area contributed by atoms with Crippen LogP contribution in [-0.4, -0.2) is 51.3 Å². The van der Waals surface area contributed by atoms with Gasteiger partial charge in [-0.05, 0) is 37.6 Å². The van der Waals surface area contributed by atoms with Gasteiger partial charge in [0.2, 0.25) is 10.0 Å². The minimum Gasteiger partial charge on any atom is -0.494 e. The lowest BCUT2D eigenvalue weighted by Gasteiger charge is -2.35. The summed E-state index contributed by atoms with van der Waals surface area (Å²) < 4.78 is 31.1. The minimum absolute atomic E-state index is 0.246. The molecule has 1 fully saturated rings. The van der Waals surface area contributed by atoms with E-state index in [9.17, 15) is 8.42 Å². The van der Waals surface area contributed by atoms with Crippen molar-refractivity contribution in [3.8, 4) is 5.75 Å². The molecule has 0 unspecified atom stereocenters. The van der Waals surface area contributed by atoms with E-state index in [0.29, 0.717) is 26.1 Å². The smallest absolute Gasteiger partial charge is 0.214 e. The molecule has 1 aromatic rings. The third kappa shape index (κ3) is 4.11. The first kappa shape index (κ1) is 16.1. The third-order valence-electron chi connectivity index (χ3n) is 3.61. The molecule has 1 heterocycles. The highest BCUT2D eigenvalue weighted by Gasteiger charge is 2.26. The van der Waals surface area contributed by atoms with Gasteiger partial charge in [-0.2, -0.15) is 4.31 Å². The lowest BCUT2D eigenvalue weighted by molar-refractivity contribution is 0.340. The van der Waals surface area contributed by atoms with Gasteiger partial charge in [0.05, 0.1) is 12.4 Å². The van der Waals surface area contributed by atoms with Crippen LogP contribution < -0.4 is 9.64 Å². The zero-order valence-electron chi connectivity index (χ0n) is 12.8. The standard InChI is InChI=1S/C15H24N2O3S/c1-3-13-21(18,19)17-11-9-16(10-12-17)14-5-7-15(8-6-14)20-4-2/h5-8H,3-4,9-13H2,1-2H3. The zero-order chi connectivity index (χ0) is 15.3. The molecule has 0 bridgehead atoms. The van der Waals surface area contributed by atoms with Gasteiger partial charge in [0.1, 0.15) is 5.75 Å². The highest BCUT2D eigenvalue weighted by atomic mass is 32.2. The SMILES string of the molecule is CCCS(=O)(=O)N1CCN(c2ccc(OCC)cc2)CC1. The molecule has 0 aliphatic carbocycles. The predicted molar refractivity (Wildman–Crippen MR) is 85.5 cm³/mol. The van der Waals surface area contributed by atoms with Crippen molar-refractivity contribution >= 4 is 15.7 Å². The van der Waals surface area contributed by atoms with E-state index in [1.807, 2.05) is 38.1 Å². The molecule has 1 aliphatic heterocycles. The number of benzene rings is 1. The summed E-state index contributed by atoms with van der Waals surface area (Å²) in [5.41, 5.74) is 1.12. The number of sulfonamides is 1. The van der Waals surface area contributed by atoms with Crippen molar-refractivity contribution in [3.63, 3.8) is 0 Å². The van der Waals surface area contributed by atoms with Crippen molar-refractivity contribution in [2.45, 2.75) is 20.3 Å². The largest absolute Gasteiger partial charge is 0.494 e. The molecule has 0 saturated carbocycles. The molecular weight excluding hydrogens is 288 g/mol. The molecule has 0 radical (unpaired) electrons. The Morgan fingerprint density at radius 2 is 1.67 bits per heavy atom. The molecule has 1 aromatic carbocycles. The normalized spacial score (nSPS) is 17.0. The Balaban J connectivity index is 1.94. The van der Waals surface area contributed by atoms with Crippen LogP contribution in [0.5, 0.6) is 5.75 Å². The lowest BCUT2D eigenvalue weighted by atomic mass is 10.2. The first-order valence-electron chi connectivity index (χ1n) is 7.52. The molecule has 1 aliphatic rings. The quantitative estimate of drug-likeness (QED) is 0.805. The van der Waals surface area contributed by atoms with E-state index >= 15 is 0 Å². The fourth-order valence-electron chi connectivity index (χ4n) is 2.53. The predicted octanol–water partition coefficient (Wildman–Crippen LogP) is 1.95. The van der Waals surface area contributed by atoms with Crippen molar-refractivity contribution in [1.82, 2.24) is 4.31 Å². The molecule has 21 heavy (non-hydrogen) atoms. The van der Waals surface area contributed by atoms with Crippen LogP contribution in [0, 0.1) is 0 Å². The van der Waals surface area contributed by atoms with Gasteiger partial charge in [-0.25, -0.2) is 8.42 Å². The zero-order valence-corrected chi connectivity index (χ0v) is 13.6. The van der Waals surface area contributed by atoms with Gasteiger partial charge in [-0.1, -0.05) is 6.92 Å². The Morgan fingerprint density at radius 3 is 2.19 bits per heavy atom. The molecular formula is C15H24N2O3S. The second-order valence-corrected chi connectivity index (χ2v) is 7.22. The van der Waals surface area contributed by atoms with Gasteiger partial charge < -0.3 is 9.64 Å². The second kappa shape index (κ2) is 7.13. The Kier molecular flexibility index (Phi) is 5.47. The van der Waals surface area contributed by atoms with E-state index in [0.717, 1.165) is 24.5 Å². The number of hydrogen-bond acceptors (Lipinski definition) is 4. The fraction of sp³-hybridized carbons (Fsp3) is 0.600. The van der Waals surface area contributed by atoms with Gasteiger partial charge in [0.25, 0.3) is 0 Å². The molecule has 1 saturated heterocycles. The molecule has 0 aromatic heterocycles. The highest BCUT2D eigenvalue weighted by molar-refractivity contribution is 7.89. The Morgan fingerprint density at radius 1 is 1.05 bits per heavy atom. The molecule has 5 nitrogen and oxygen atoms in total. The van der Waals surface area contributed by atoms with Gasteiger partial charge in [0, 0.05) is 31.9 Å². The number of rotatable bonds is 6. The average molecular weight is 312 g/mol. The summed E-state index contributed by atoms with van der Waals surface area (Å²) in [5, 5.41) is 0. The van der Waals surface area contributed by atoms with Gasteiger partial charge in [0.15, 0.2) is 0 Å². The van der Waals surface area contributed by atoms with E-state index in [-0.39, 0.29) is 5.75 Å². The fourth-order valence-corrected chi connectivity index (χ4v) is 4.03. The Labute approximate surface area is 127 Å². The Hall–Kier alpha value is -1.27. The Bertz CT molecular complexity index is 535. The van der Waals surface area contributed by atoms with Crippen LogP contribution in [0.4, 0.5) is 5.69 Å². The summed E-state index contributed by atoms with van der Waals surface area (Å²) in [6, 6.07) is 7.97. The van der Waals surface area contributed by atoms with Crippen molar-refractivity contribution in [3.05, 3.63) is 24.3 Å². The number of piperazine rings is 1. The summed E-state index contributed by atoms with van der Waals surface area (Å²) in [6.45, 7) is 7.11. The van der Waals surface area contributed by atoms with Crippen molar-refractivity contribution in [2.24, 2.45) is 0 Å². The van der Waals surface area contributed by atoms with E-state index in [4.69, 9.17) is 4.74 Å². The molecule has 0 amide bonds. The van der Waals surface area contributed by atoms with Crippen molar-refractivity contribution in [2.75, 3.05) is 43.4 Å². The van der Waals surface area contributed by atoms with E-state index < -0.39 is 10.0 Å². The van der Waals surface area contributed by atoms with Crippen LogP contribution in [-0.2, 0) is 10.0 Å². The van der Waals surface area contributed by atoms with Gasteiger partial charge in [-0.15, -0.1) is 0 Å². The maximum atomic E-state index is 12.0. The number of anilines is 1. The van der Waals surface area contributed by atoms with Gasteiger partial charge >= 0.3 is 0 Å². The summed E-state index contributed by atoms with van der Waals surface area (Å²) in [6.07, 6.45) is 0.668. The first-order valence-corrected chi connectivity index (χ1v) is 9.13. The summed E-state index contributed by atoms with van der Waals surface area (Å²) >= 11 is 0. The molecule has 0 atom stereocenters. The average Bonchev–Trinajstić information content (AvgIpc) is 2.48. The summed E-state index contributed by atoms with van der Waals surface area (Å²) in [5.74, 6) is 1.11. The second-order valence-electron chi connectivity index (χ2n) is 5.13. The van der Waals surface area contributed by atoms with Crippen LogP contribution >= 0.6 is 0 Å². The van der Waals surface area contributed by atoms with Crippen LogP contribution in [0.1, 0.15) is 20.3 Å². The van der Waals surface area contributed by atoms with Crippen molar-refractivity contribution in [1.29, 1.82) is 0 Å². The van der Waals surface area contributed by atoms with Crippen molar-refractivity contribution < 1.29 is 13.2 Å². The third-order valence-corrected chi connectivity index (χ3v) is 5.68. The van der Waals surface area contributed by atoms with Gasteiger partial charge in [-0.3, -0.25) is 0 Å². The van der Waals surface area contributed by atoms with E-state index in [1.54, 1.807) is 4.31 Å². The first-order chi connectivity index (χ1) is 10.1. The monoisotopic (exact) mass is 312 g/mol. The minimum atomic E-state index is -3.07. The van der Waals surface area contributed by atoms with Crippen LogP contribution in [0.25, 0.3) is 0 Å². The van der Waals surface area contributed by atoms with E-state index in [1.165, 1.54) is 0 Å². The topological polar surface area (TPSA) is 49.9 Å².